The first-order valence-electron chi connectivity index (χ1n) is 12.8. The highest BCUT2D eigenvalue weighted by molar-refractivity contribution is 9.10. The highest BCUT2D eigenvalue weighted by Gasteiger charge is 2.30. The van der Waals surface area contributed by atoms with Crippen LogP contribution in [0.1, 0.15) is 41.1 Å². The average molecular weight is 582 g/mol. The van der Waals surface area contributed by atoms with E-state index in [1.54, 1.807) is 40.8 Å². The quantitative estimate of drug-likeness (QED) is 0.199. The Hall–Kier alpha value is -4.23. The van der Waals surface area contributed by atoms with Crippen molar-refractivity contribution in [3.05, 3.63) is 135 Å². The van der Waals surface area contributed by atoms with Gasteiger partial charge >= 0.3 is 0 Å². The van der Waals surface area contributed by atoms with E-state index in [1.165, 1.54) is 0 Å². The number of nitrogens with zero attached hydrogens (tertiary/aromatic N) is 3. The molecule has 0 saturated carbocycles. The van der Waals surface area contributed by atoms with Crippen molar-refractivity contribution >= 4 is 32.7 Å². The molecule has 1 aromatic heterocycles. The summed E-state index contributed by atoms with van der Waals surface area (Å²) >= 11 is 3.49. The predicted molar refractivity (Wildman–Crippen MR) is 157 cm³/mol. The largest absolute Gasteiger partial charge is 0.497 e. The molecule has 0 aliphatic heterocycles. The van der Waals surface area contributed by atoms with Crippen LogP contribution in [0.15, 0.2) is 112 Å². The van der Waals surface area contributed by atoms with Crippen LogP contribution < -0.4 is 10.3 Å². The number of carbonyl (C=O) groups excluding carboxylic acids is 1. The lowest BCUT2D eigenvalue weighted by atomic mass is 10.1. The van der Waals surface area contributed by atoms with Crippen molar-refractivity contribution in [3.63, 3.8) is 0 Å². The molecule has 1 heterocycles. The maximum atomic E-state index is 14.2. The average Bonchev–Trinajstić information content (AvgIpc) is 2.98. The Bertz CT molecular complexity index is 1670. The third kappa shape index (κ3) is 5.49. The fourth-order valence-corrected chi connectivity index (χ4v) is 5.05. The van der Waals surface area contributed by atoms with Gasteiger partial charge in [-0.15, -0.1) is 0 Å². The molecule has 39 heavy (non-hydrogen) atoms. The highest BCUT2D eigenvalue weighted by atomic mass is 79.9. The molecule has 1 unspecified atom stereocenters. The van der Waals surface area contributed by atoms with E-state index < -0.39 is 6.04 Å². The van der Waals surface area contributed by atoms with Gasteiger partial charge in [-0.2, -0.15) is 0 Å². The van der Waals surface area contributed by atoms with Crippen LogP contribution in [0.4, 0.5) is 0 Å². The zero-order valence-electron chi connectivity index (χ0n) is 21.8. The second-order valence-corrected chi connectivity index (χ2v) is 10.1. The van der Waals surface area contributed by atoms with Crippen LogP contribution in [-0.4, -0.2) is 27.5 Å². The third-order valence-corrected chi connectivity index (χ3v) is 7.25. The van der Waals surface area contributed by atoms with Crippen molar-refractivity contribution in [2.45, 2.75) is 25.9 Å². The fraction of sp³-hybridized carbons (Fsp3) is 0.156. The van der Waals surface area contributed by atoms with Crippen molar-refractivity contribution in [2.75, 3.05) is 7.11 Å². The summed E-state index contributed by atoms with van der Waals surface area (Å²) in [6, 6.07) is 31.4. The van der Waals surface area contributed by atoms with Gasteiger partial charge in [0.15, 0.2) is 0 Å². The molecule has 6 nitrogen and oxygen atoms in total. The first kappa shape index (κ1) is 26.4. The third-order valence-electron chi connectivity index (χ3n) is 6.72. The summed E-state index contributed by atoms with van der Waals surface area (Å²) < 4.78 is 7.93. The number of ether oxygens (including phenoxy) is 1. The molecule has 0 N–H and O–H groups in total. The monoisotopic (exact) mass is 581 g/mol. The summed E-state index contributed by atoms with van der Waals surface area (Å²) in [5.41, 5.74) is 2.58. The summed E-state index contributed by atoms with van der Waals surface area (Å²) in [6.07, 6.45) is 0.545. The maximum Gasteiger partial charge on any atom is 0.266 e. The molecule has 196 valence electrons. The van der Waals surface area contributed by atoms with Crippen molar-refractivity contribution in [1.29, 1.82) is 0 Å². The molecule has 0 aliphatic carbocycles. The number of halogens is 1. The van der Waals surface area contributed by atoms with Crippen LogP contribution >= 0.6 is 15.9 Å². The van der Waals surface area contributed by atoms with Gasteiger partial charge in [-0.1, -0.05) is 71.4 Å². The molecule has 0 radical (unpaired) electrons. The number of rotatable bonds is 8. The van der Waals surface area contributed by atoms with Gasteiger partial charge in [0.2, 0.25) is 0 Å². The summed E-state index contributed by atoms with van der Waals surface area (Å²) in [5, 5.41) is 0.521. The highest BCUT2D eigenvalue weighted by Crippen LogP contribution is 2.30. The standard InChI is InChI=1S/C32H28BrN3O3/c1-3-29(35(21-22-10-5-4-6-11-22)31(37)23-12-9-13-26(20-23)39-2)30-34-28-15-8-7-14-27(28)32(38)36(30)25-18-16-24(33)17-19-25/h4-20,29H,3,21H2,1-2H3. The number of aromatic nitrogens is 2. The molecule has 4 aromatic carbocycles. The van der Waals surface area contributed by atoms with Gasteiger partial charge in [0.25, 0.3) is 11.5 Å². The van der Waals surface area contributed by atoms with Crippen molar-refractivity contribution in [2.24, 2.45) is 0 Å². The lowest BCUT2D eigenvalue weighted by molar-refractivity contribution is 0.0640. The van der Waals surface area contributed by atoms with Crippen LogP contribution in [-0.2, 0) is 6.54 Å². The molecular weight excluding hydrogens is 554 g/mol. The number of para-hydroxylation sites is 1. The van der Waals surface area contributed by atoms with E-state index in [0.717, 1.165) is 10.0 Å². The van der Waals surface area contributed by atoms with Gasteiger partial charge in [0.05, 0.1) is 29.7 Å². The zero-order valence-corrected chi connectivity index (χ0v) is 23.3. The minimum Gasteiger partial charge on any atom is -0.497 e. The maximum absolute atomic E-state index is 14.2. The Morgan fingerprint density at radius 1 is 0.949 bits per heavy atom. The lowest BCUT2D eigenvalue weighted by Gasteiger charge is -2.32. The molecule has 0 bridgehead atoms. The smallest absolute Gasteiger partial charge is 0.266 e. The van der Waals surface area contributed by atoms with Crippen LogP contribution in [0.3, 0.4) is 0 Å². The Morgan fingerprint density at radius 3 is 2.38 bits per heavy atom. The first-order chi connectivity index (χ1) is 19.0. The van der Waals surface area contributed by atoms with E-state index in [9.17, 15) is 9.59 Å². The first-order valence-corrected chi connectivity index (χ1v) is 13.6. The summed E-state index contributed by atoms with van der Waals surface area (Å²) in [7, 11) is 1.58. The molecule has 5 rings (SSSR count). The number of hydrogen-bond donors (Lipinski definition) is 0. The summed E-state index contributed by atoms with van der Waals surface area (Å²) in [6.45, 7) is 2.35. The van der Waals surface area contributed by atoms with E-state index in [4.69, 9.17) is 9.72 Å². The van der Waals surface area contributed by atoms with Crippen LogP contribution in [0.25, 0.3) is 16.6 Å². The van der Waals surface area contributed by atoms with Gasteiger partial charge in [0, 0.05) is 16.6 Å². The molecule has 1 amide bonds. The number of amides is 1. The molecule has 1 atom stereocenters. The van der Waals surface area contributed by atoms with Gasteiger partial charge in [-0.3, -0.25) is 14.2 Å². The van der Waals surface area contributed by atoms with E-state index in [1.807, 2.05) is 85.8 Å². The normalized spacial score (nSPS) is 11.8. The number of methoxy groups -OCH3 is 1. The van der Waals surface area contributed by atoms with Crippen molar-refractivity contribution < 1.29 is 9.53 Å². The molecule has 0 saturated heterocycles. The van der Waals surface area contributed by atoms with Gasteiger partial charge in [-0.25, -0.2) is 4.98 Å². The molecule has 0 spiro atoms. The summed E-state index contributed by atoms with van der Waals surface area (Å²) in [4.78, 5) is 34.9. The van der Waals surface area contributed by atoms with Crippen LogP contribution in [0.5, 0.6) is 5.75 Å². The second kappa shape index (κ2) is 11.7. The van der Waals surface area contributed by atoms with E-state index in [-0.39, 0.29) is 11.5 Å². The molecular formula is C32H28BrN3O3. The minimum absolute atomic E-state index is 0.172. The number of benzene rings is 4. The van der Waals surface area contributed by atoms with Gasteiger partial charge < -0.3 is 9.64 Å². The topological polar surface area (TPSA) is 64.4 Å². The Kier molecular flexibility index (Phi) is 7.89. The Labute approximate surface area is 235 Å². The predicted octanol–water partition coefficient (Wildman–Crippen LogP) is 6.95. The van der Waals surface area contributed by atoms with Gasteiger partial charge in [-0.05, 0) is 66.6 Å². The molecule has 5 aromatic rings. The number of carbonyl (C=O) groups is 1. The van der Waals surface area contributed by atoms with E-state index in [0.29, 0.717) is 46.7 Å². The van der Waals surface area contributed by atoms with Crippen LogP contribution in [0, 0.1) is 0 Å². The summed E-state index contributed by atoms with van der Waals surface area (Å²) in [5.74, 6) is 0.939. The lowest BCUT2D eigenvalue weighted by Crippen LogP contribution is -2.38. The van der Waals surface area contributed by atoms with Crippen molar-refractivity contribution in [1.82, 2.24) is 14.5 Å². The molecule has 0 fully saturated rings. The SMILES string of the molecule is CCC(c1nc2ccccc2c(=O)n1-c1ccc(Br)cc1)N(Cc1ccccc1)C(=O)c1cccc(OC)c1. The molecule has 0 aliphatic rings. The van der Waals surface area contributed by atoms with Gasteiger partial charge in [0.1, 0.15) is 11.6 Å². The van der Waals surface area contributed by atoms with E-state index >= 15 is 0 Å². The fourth-order valence-electron chi connectivity index (χ4n) is 4.78. The zero-order chi connectivity index (χ0) is 27.4. The number of fused-ring (bicyclic) bond motifs is 1. The van der Waals surface area contributed by atoms with E-state index in [2.05, 4.69) is 15.9 Å². The Balaban J connectivity index is 1.73. The Morgan fingerprint density at radius 2 is 1.67 bits per heavy atom. The second-order valence-electron chi connectivity index (χ2n) is 9.18. The number of hydrogen-bond acceptors (Lipinski definition) is 4. The molecule has 7 heteroatoms. The van der Waals surface area contributed by atoms with Crippen LogP contribution in [0.2, 0.25) is 0 Å². The van der Waals surface area contributed by atoms with Crippen molar-refractivity contribution in [3.8, 4) is 11.4 Å². The minimum atomic E-state index is -0.495.